The fourth-order valence-corrected chi connectivity index (χ4v) is 3.16. The van der Waals surface area contributed by atoms with E-state index in [1.54, 1.807) is 0 Å². The summed E-state index contributed by atoms with van der Waals surface area (Å²) < 4.78 is 0. The lowest BCUT2D eigenvalue weighted by atomic mass is 9.78. The van der Waals surface area contributed by atoms with Gasteiger partial charge in [0, 0.05) is 5.56 Å². The van der Waals surface area contributed by atoms with E-state index >= 15 is 0 Å². The molecule has 0 amide bonds. The van der Waals surface area contributed by atoms with Crippen LogP contribution in [0.1, 0.15) is 62.4 Å². The Morgan fingerprint density at radius 1 is 1.04 bits per heavy atom. The van der Waals surface area contributed by atoms with Gasteiger partial charge >= 0.3 is 5.97 Å². The van der Waals surface area contributed by atoms with Crippen molar-refractivity contribution in [3.63, 3.8) is 0 Å². The van der Waals surface area contributed by atoms with Crippen LogP contribution in [0.2, 0.25) is 0 Å². The highest BCUT2D eigenvalue weighted by atomic mass is 16.4. The maximum Gasteiger partial charge on any atom is 0.340 e. The summed E-state index contributed by atoms with van der Waals surface area (Å²) in [5.41, 5.74) is 1.77. The van der Waals surface area contributed by atoms with Gasteiger partial charge in [-0.05, 0) is 23.0 Å². The standard InChI is InChI=1S/C21H26O3/c1-4-5-9-14-21(2,3)17-13-12-16(15-10-7-6-8-11-15)18(19(17)22)20(23)24/h6-8,10-13,22H,4-5,9,14H2,1-3H3,(H,23,24). The number of hydrogen-bond donors (Lipinski definition) is 2. The van der Waals surface area contributed by atoms with E-state index in [1.807, 2.05) is 42.5 Å². The summed E-state index contributed by atoms with van der Waals surface area (Å²) in [6, 6.07) is 13.0. The van der Waals surface area contributed by atoms with Gasteiger partial charge in [0.1, 0.15) is 11.3 Å². The molecule has 0 atom stereocenters. The first-order valence-electron chi connectivity index (χ1n) is 8.53. The maximum atomic E-state index is 11.8. The zero-order valence-corrected chi connectivity index (χ0v) is 14.7. The Hall–Kier alpha value is -2.29. The molecular formula is C21H26O3. The van der Waals surface area contributed by atoms with Crippen LogP contribution < -0.4 is 0 Å². The third kappa shape index (κ3) is 3.78. The van der Waals surface area contributed by atoms with Crippen molar-refractivity contribution in [1.29, 1.82) is 0 Å². The lowest BCUT2D eigenvalue weighted by Crippen LogP contribution is -2.18. The molecule has 0 fully saturated rings. The molecule has 0 aliphatic rings. The number of rotatable bonds is 7. The van der Waals surface area contributed by atoms with Crippen LogP contribution in [-0.4, -0.2) is 16.2 Å². The fraction of sp³-hybridized carbons (Fsp3) is 0.381. The maximum absolute atomic E-state index is 11.8. The fourth-order valence-electron chi connectivity index (χ4n) is 3.16. The number of phenols is 1. The second-order valence-corrected chi connectivity index (χ2v) is 6.90. The van der Waals surface area contributed by atoms with Crippen LogP contribution in [0.3, 0.4) is 0 Å². The highest BCUT2D eigenvalue weighted by molar-refractivity contribution is 5.99. The van der Waals surface area contributed by atoms with Crippen molar-refractivity contribution in [1.82, 2.24) is 0 Å². The summed E-state index contributed by atoms with van der Waals surface area (Å²) in [6.07, 6.45) is 4.25. The first-order valence-corrected chi connectivity index (χ1v) is 8.53. The highest BCUT2D eigenvalue weighted by Gasteiger charge is 2.28. The van der Waals surface area contributed by atoms with Crippen LogP contribution in [0.5, 0.6) is 5.75 Å². The largest absolute Gasteiger partial charge is 0.507 e. The van der Waals surface area contributed by atoms with Crippen molar-refractivity contribution in [2.24, 2.45) is 0 Å². The van der Waals surface area contributed by atoms with Crippen molar-refractivity contribution >= 4 is 5.97 Å². The Morgan fingerprint density at radius 3 is 2.29 bits per heavy atom. The first kappa shape index (κ1) is 18.1. The summed E-state index contributed by atoms with van der Waals surface area (Å²) in [7, 11) is 0. The van der Waals surface area contributed by atoms with Gasteiger partial charge in [0.15, 0.2) is 0 Å². The zero-order valence-electron chi connectivity index (χ0n) is 14.7. The molecular weight excluding hydrogens is 300 g/mol. The van der Waals surface area contributed by atoms with Crippen LogP contribution in [0.25, 0.3) is 11.1 Å². The molecule has 0 spiro atoms. The van der Waals surface area contributed by atoms with Gasteiger partial charge < -0.3 is 10.2 Å². The summed E-state index contributed by atoms with van der Waals surface area (Å²) in [5, 5.41) is 20.4. The van der Waals surface area contributed by atoms with Crippen LogP contribution >= 0.6 is 0 Å². The minimum atomic E-state index is -1.10. The Balaban J connectivity index is 2.50. The van der Waals surface area contributed by atoms with E-state index in [1.165, 1.54) is 0 Å². The van der Waals surface area contributed by atoms with Crippen LogP contribution in [-0.2, 0) is 5.41 Å². The lowest BCUT2D eigenvalue weighted by molar-refractivity contribution is 0.0694. The topological polar surface area (TPSA) is 57.5 Å². The molecule has 2 aromatic carbocycles. The van der Waals surface area contributed by atoms with Gasteiger partial charge in [0.2, 0.25) is 0 Å². The monoisotopic (exact) mass is 326 g/mol. The molecule has 2 aromatic rings. The predicted octanol–water partition coefficient (Wildman–Crippen LogP) is 5.62. The van der Waals surface area contributed by atoms with E-state index in [-0.39, 0.29) is 16.7 Å². The molecule has 0 saturated carbocycles. The summed E-state index contributed by atoms with van der Waals surface area (Å²) in [6.45, 7) is 6.28. The second kappa shape index (κ2) is 7.52. The van der Waals surface area contributed by atoms with E-state index in [0.29, 0.717) is 11.1 Å². The van der Waals surface area contributed by atoms with Crippen LogP contribution in [0.15, 0.2) is 42.5 Å². The number of aromatic carboxylic acids is 1. The van der Waals surface area contributed by atoms with Crippen molar-refractivity contribution in [3.8, 4) is 16.9 Å². The molecule has 2 rings (SSSR count). The van der Waals surface area contributed by atoms with E-state index < -0.39 is 5.97 Å². The minimum Gasteiger partial charge on any atom is -0.507 e. The van der Waals surface area contributed by atoms with E-state index in [2.05, 4.69) is 20.8 Å². The molecule has 0 unspecified atom stereocenters. The number of aromatic hydroxyl groups is 1. The molecule has 3 heteroatoms. The second-order valence-electron chi connectivity index (χ2n) is 6.90. The Labute approximate surface area is 144 Å². The van der Waals surface area contributed by atoms with Gasteiger partial charge in [-0.1, -0.05) is 82.5 Å². The molecule has 0 aromatic heterocycles. The minimum absolute atomic E-state index is 0.0118. The van der Waals surface area contributed by atoms with Gasteiger partial charge in [0.05, 0.1) is 0 Å². The molecule has 0 heterocycles. The Bertz CT molecular complexity index is 703. The Kier molecular flexibility index (Phi) is 5.66. The van der Waals surface area contributed by atoms with Gasteiger partial charge in [0.25, 0.3) is 0 Å². The highest BCUT2D eigenvalue weighted by Crippen LogP contribution is 2.40. The molecule has 0 radical (unpaired) electrons. The van der Waals surface area contributed by atoms with Crippen molar-refractivity contribution in [2.75, 3.05) is 0 Å². The van der Waals surface area contributed by atoms with Gasteiger partial charge in [-0.25, -0.2) is 4.79 Å². The molecule has 24 heavy (non-hydrogen) atoms. The van der Waals surface area contributed by atoms with Crippen molar-refractivity contribution in [3.05, 3.63) is 53.6 Å². The molecule has 0 aliphatic carbocycles. The van der Waals surface area contributed by atoms with Crippen LogP contribution in [0, 0.1) is 0 Å². The lowest BCUT2D eigenvalue weighted by Gasteiger charge is -2.27. The predicted molar refractivity (Wildman–Crippen MR) is 97.7 cm³/mol. The quantitative estimate of drug-likeness (QED) is 0.650. The molecule has 0 bridgehead atoms. The number of unbranched alkanes of at least 4 members (excludes halogenated alkanes) is 2. The van der Waals surface area contributed by atoms with Gasteiger partial charge in [-0.3, -0.25) is 0 Å². The SMILES string of the molecule is CCCCCC(C)(C)c1ccc(-c2ccccc2)c(C(=O)O)c1O. The zero-order chi connectivity index (χ0) is 17.7. The third-order valence-electron chi connectivity index (χ3n) is 4.61. The summed E-state index contributed by atoms with van der Waals surface area (Å²) in [4.78, 5) is 11.8. The van der Waals surface area contributed by atoms with Crippen LogP contribution in [0.4, 0.5) is 0 Å². The number of carbonyl (C=O) groups is 1. The normalized spacial score (nSPS) is 11.5. The molecule has 0 aliphatic heterocycles. The number of benzene rings is 2. The molecule has 128 valence electrons. The molecule has 0 saturated heterocycles. The van der Waals surface area contributed by atoms with Crippen molar-refractivity contribution < 1.29 is 15.0 Å². The number of carboxylic acid groups (broad SMARTS) is 1. The smallest absolute Gasteiger partial charge is 0.340 e. The first-order chi connectivity index (χ1) is 11.4. The number of hydrogen-bond acceptors (Lipinski definition) is 2. The average molecular weight is 326 g/mol. The molecule has 2 N–H and O–H groups in total. The van der Waals surface area contributed by atoms with E-state index in [4.69, 9.17) is 0 Å². The molecule has 3 nitrogen and oxygen atoms in total. The van der Waals surface area contributed by atoms with E-state index in [0.717, 1.165) is 31.2 Å². The average Bonchev–Trinajstić information content (AvgIpc) is 2.54. The Morgan fingerprint density at radius 2 is 1.71 bits per heavy atom. The number of carboxylic acids is 1. The van der Waals surface area contributed by atoms with Crippen molar-refractivity contribution in [2.45, 2.75) is 51.9 Å². The van der Waals surface area contributed by atoms with Gasteiger partial charge in [-0.2, -0.15) is 0 Å². The van der Waals surface area contributed by atoms with Gasteiger partial charge in [-0.15, -0.1) is 0 Å². The summed E-state index contributed by atoms with van der Waals surface area (Å²) in [5.74, 6) is -1.21. The van der Waals surface area contributed by atoms with E-state index in [9.17, 15) is 15.0 Å². The summed E-state index contributed by atoms with van der Waals surface area (Å²) >= 11 is 0. The third-order valence-corrected chi connectivity index (χ3v) is 4.61.